The molecule has 6 heteroatoms. The van der Waals surface area contributed by atoms with Crippen molar-refractivity contribution in [2.24, 2.45) is 24.8 Å². The van der Waals surface area contributed by atoms with E-state index in [0.29, 0.717) is 18.4 Å². The lowest BCUT2D eigenvalue weighted by atomic mass is 9.82. The first-order valence-corrected chi connectivity index (χ1v) is 10.5. The van der Waals surface area contributed by atoms with Crippen molar-refractivity contribution in [1.29, 1.82) is 0 Å². The van der Waals surface area contributed by atoms with Crippen LogP contribution in [0.1, 0.15) is 49.8 Å². The Hall–Kier alpha value is -2.50. The van der Waals surface area contributed by atoms with Gasteiger partial charge in [0.05, 0.1) is 18.2 Å². The lowest BCUT2D eigenvalue weighted by Gasteiger charge is -2.35. The molecule has 1 N–H and O–H groups in total. The molecule has 2 aromatic rings. The van der Waals surface area contributed by atoms with Gasteiger partial charge in [0.1, 0.15) is 11.9 Å². The standard InChI is InChI=1S/C23H30N2O4/c1-14-9-21(25(3)24-14)29-20-10-16(11-20)13-28-19-6-4-5-18(12-19)22(17-7-8-17)15(2)23(26)27/h4-6,9,12,15-17,20,22H,7-8,10-11,13H2,1-3H3,(H,26,27). The van der Waals surface area contributed by atoms with Gasteiger partial charge >= 0.3 is 5.97 Å². The summed E-state index contributed by atoms with van der Waals surface area (Å²) in [5.41, 5.74) is 2.05. The van der Waals surface area contributed by atoms with Gasteiger partial charge in [0.2, 0.25) is 5.88 Å². The van der Waals surface area contributed by atoms with E-state index in [9.17, 15) is 9.90 Å². The van der Waals surface area contributed by atoms with E-state index in [0.717, 1.165) is 48.6 Å². The van der Waals surface area contributed by atoms with Gasteiger partial charge in [0.15, 0.2) is 0 Å². The Morgan fingerprint density at radius 3 is 2.69 bits per heavy atom. The molecule has 1 heterocycles. The summed E-state index contributed by atoms with van der Waals surface area (Å²) in [4.78, 5) is 11.5. The Kier molecular flexibility index (Phi) is 5.52. The number of carboxylic acids is 1. The van der Waals surface area contributed by atoms with Crippen molar-refractivity contribution in [2.45, 2.75) is 51.6 Å². The summed E-state index contributed by atoms with van der Waals surface area (Å²) in [6.07, 6.45) is 4.41. The van der Waals surface area contributed by atoms with Crippen LogP contribution in [0.2, 0.25) is 0 Å². The SMILES string of the molecule is Cc1cc(OC2CC(COc3cccc(C(C4CC4)C(C)C(=O)O)c3)C2)n(C)n1. The predicted molar refractivity (Wildman–Crippen MR) is 109 cm³/mol. The van der Waals surface area contributed by atoms with Crippen LogP contribution in [0.5, 0.6) is 11.6 Å². The molecule has 29 heavy (non-hydrogen) atoms. The fraction of sp³-hybridized carbons (Fsp3) is 0.565. The van der Waals surface area contributed by atoms with Gasteiger partial charge in [0, 0.05) is 13.1 Å². The summed E-state index contributed by atoms with van der Waals surface area (Å²) in [5, 5.41) is 13.8. The predicted octanol–water partition coefficient (Wildman–Crippen LogP) is 4.18. The molecule has 2 atom stereocenters. The number of aliphatic carboxylic acids is 1. The fourth-order valence-corrected chi connectivity index (χ4v) is 4.38. The van der Waals surface area contributed by atoms with Gasteiger partial charge in [0.25, 0.3) is 0 Å². The second-order valence-corrected chi connectivity index (χ2v) is 8.70. The Morgan fingerprint density at radius 1 is 1.31 bits per heavy atom. The molecule has 0 spiro atoms. The number of hydrogen-bond acceptors (Lipinski definition) is 4. The molecule has 2 saturated carbocycles. The van der Waals surface area contributed by atoms with Gasteiger partial charge in [-0.3, -0.25) is 4.79 Å². The quantitative estimate of drug-likeness (QED) is 0.686. The van der Waals surface area contributed by atoms with Crippen LogP contribution in [-0.2, 0) is 11.8 Å². The molecule has 0 aliphatic heterocycles. The van der Waals surface area contributed by atoms with Crippen molar-refractivity contribution >= 4 is 5.97 Å². The maximum Gasteiger partial charge on any atom is 0.306 e. The lowest BCUT2D eigenvalue weighted by Crippen LogP contribution is -2.37. The molecule has 156 valence electrons. The third-order valence-electron chi connectivity index (χ3n) is 6.23. The molecule has 2 unspecified atom stereocenters. The molecule has 2 aliphatic carbocycles. The van der Waals surface area contributed by atoms with Crippen LogP contribution in [0.3, 0.4) is 0 Å². The number of benzene rings is 1. The van der Waals surface area contributed by atoms with Crippen LogP contribution in [0.25, 0.3) is 0 Å². The zero-order chi connectivity index (χ0) is 20.5. The van der Waals surface area contributed by atoms with Crippen molar-refractivity contribution in [3.05, 3.63) is 41.6 Å². The fourth-order valence-electron chi connectivity index (χ4n) is 4.38. The topological polar surface area (TPSA) is 73.6 Å². The lowest BCUT2D eigenvalue weighted by molar-refractivity contribution is -0.142. The summed E-state index contributed by atoms with van der Waals surface area (Å²) < 4.78 is 13.8. The minimum Gasteiger partial charge on any atom is -0.493 e. The monoisotopic (exact) mass is 398 g/mol. The van der Waals surface area contributed by atoms with Gasteiger partial charge in [-0.05, 0) is 68.1 Å². The highest BCUT2D eigenvalue weighted by Crippen LogP contribution is 2.47. The van der Waals surface area contributed by atoms with E-state index in [2.05, 4.69) is 5.10 Å². The van der Waals surface area contributed by atoms with Crippen molar-refractivity contribution < 1.29 is 19.4 Å². The Balaban J connectivity index is 1.29. The van der Waals surface area contributed by atoms with Crippen molar-refractivity contribution in [3.8, 4) is 11.6 Å². The van der Waals surface area contributed by atoms with Crippen LogP contribution >= 0.6 is 0 Å². The zero-order valence-electron chi connectivity index (χ0n) is 17.4. The summed E-state index contributed by atoms with van der Waals surface area (Å²) >= 11 is 0. The number of hydrogen-bond donors (Lipinski definition) is 1. The number of rotatable bonds is 9. The molecule has 0 amide bonds. The van der Waals surface area contributed by atoms with Gasteiger partial charge in [-0.2, -0.15) is 5.10 Å². The molecule has 1 aromatic carbocycles. The molecular weight excluding hydrogens is 368 g/mol. The third kappa shape index (κ3) is 4.57. The molecule has 0 bridgehead atoms. The van der Waals surface area contributed by atoms with E-state index in [1.54, 1.807) is 4.68 Å². The highest BCUT2D eigenvalue weighted by Gasteiger charge is 2.38. The van der Waals surface area contributed by atoms with E-state index < -0.39 is 5.97 Å². The van der Waals surface area contributed by atoms with Crippen LogP contribution in [0, 0.1) is 24.7 Å². The summed E-state index contributed by atoms with van der Waals surface area (Å²) in [6.45, 7) is 4.44. The normalized spacial score (nSPS) is 23.1. The summed E-state index contributed by atoms with van der Waals surface area (Å²) in [6, 6.07) is 9.98. The first kappa shape index (κ1) is 19.8. The van der Waals surface area contributed by atoms with Crippen LogP contribution < -0.4 is 9.47 Å². The highest BCUT2D eigenvalue weighted by atomic mass is 16.5. The van der Waals surface area contributed by atoms with Gasteiger partial charge in [-0.25, -0.2) is 4.68 Å². The largest absolute Gasteiger partial charge is 0.493 e. The molecule has 2 fully saturated rings. The second kappa shape index (κ2) is 8.09. The van der Waals surface area contributed by atoms with Crippen LogP contribution in [0.4, 0.5) is 0 Å². The molecule has 1 aromatic heterocycles. The number of aryl methyl sites for hydroxylation is 2. The Labute approximate surface area is 171 Å². The molecular formula is C23H30N2O4. The summed E-state index contributed by atoms with van der Waals surface area (Å²) in [7, 11) is 1.90. The smallest absolute Gasteiger partial charge is 0.306 e. The summed E-state index contributed by atoms with van der Waals surface area (Å²) in [5.74, 6) is 1.58. The number of ether oxygens (including phenoxy) is 2. The second-order valence-electron chi connectivity index (χ2n) is 8.70. The van der Waals surface area contributed by atoms with E-state index in [1.807, 2.05) is 51.2 Å². The molecule has 6 nitrogen and oxygen atoms in total. The molecule has 4 rings (SSSR count). The first-order valence-electron chi connectivity index (χ1n) is 10.5. The number of carbonyl (C=O) groups is 1. The molecule has 0 saturated heterocycles. The maximum absolute atomic E-state index is 11.5. The van der Waals surface area contributed by atoms with Crippen molar-refractivity contribution in [3.63, 3.8) is 0 Å². The highest BCUT2D eigenvalue weighted by molar-refractivity contribution is 5.71. The minimum absolute atomic E-state index is 0.0693. The van der Waals surface area contributed by atoms with E-state index in [4.69, 9.17) is 9.47 Å². The van der Waals surface area contributed by atoms with E-state index in [1.165, 1.54) is 0 Å². The number of aromatic nitrogens is 2. The van der Waals surface area contributed by atoms with Gasteiger partial charge in [-0.15, -0.1) is 0 Å². The zero-order valence-corrected chi connectivity index (χ0v) is 17.4. The van der Waals surface area contributed by atoms with E-state index in [-0.39, 0.29) is 17.9 Å². The van der Waals surface area contributed by atoms with Crippen LogP contribution in [0.15, 0.2) is 30.3 Å². The molecule has 2 aliphatic rings. The number of carboxylic acid groups (broad SMARTS) is 1. The minimum atomic E-state index is -0.725. The molecule has 0 radical (unpaired) electrons. The Morgan fingerprint density at radius 2 is 2.07 bits per heavy atom. The van der Waals surface area contributed by atoms with Crippen molar-refractivity contribution in [1.82, 2.24) is 9.78 Å². The van der Waals surface area contributed by atoms with Gasteiger partial charge in [-0.1, -0.05) is 19.1 Å². The third-order valence-corrected chi connectivity index (χ3v) is 6.23. The van der Waals surface area contributed by atoms with Crippen molar-refractivity contribution in [2.75, 3.05) is 6.61 Å². The Bertz CT molecular complexity index is 868. The van der Waals surface area contributed by atoms with Gasteiger partial charge < -0.3 is 14.6 Å². The van der Waals surface area contributed by atoms with E-state index >= 15 is 0 Å². The first-order chi connectivity index (χ1) is 13.9. The number of nitrogens with zero attached hydrogens (tertiary/aromatic N) is 2. The average Bonchev–Trinajstić information content (AvgIpc) is 3.42. The average molecular weight is 399 g/mol. The maximum atomic E-state index is 11.5. The van der Waals surface area contributed by atoms with Crippen LogP contribution in [-0.4, -0.2) is 33.6 Å².